The number of hydrogen-bond donors (Lipinski definition) is 2. The first kappa shape index (κ1) is 14.9. The number of hydrogen-bond acceptors (Lipinski definition) is 3. The van der Waals surface area contributed by atoms with Crippen LogP contribution in [0.25, 0.3) is 0 Å². The molecule has 0 aliphatic carbocycles. The molecule has 106 valence electrons. The van der Waals surface area contributed by atoms with Crippen molar-refractivity contribution >= 4 is 15.9 Å². The van der Waals surface area contributed by atoms with Gasteiger partial charge < -0.3 is 15.2 Å². The normalized spacial score (nSPS) is 12.2. The molecule has 0 aliphatic rings. The van der Waals surface area contributed by atoms with Crippen LogP contribution in [0.1, 0.15) is 24.1 Å². The summed E-state index contributed by atoms with van der Waals surface area (Å²) in [5, 5.41) is 13.2. The number of nitrogens with one attached hydrogen (secondary N) is 1. The number of phenolic OH excluding ortho intramolecular Hbond substituents is 1. The number of halogens is 1. The third-order valence-corrected chi connectivity index (χ3v) is 3.73. The molecule has 2 rings (SSSR count). The highest BCUT2D eigenvalue weighted by atomic mass is 79.9. The van der Waals surface area contributed by atoms with Crippen molar-refractivity contribution in [3.05, 3.63) is 58.1 Å². The lowest BCUT2D eigenvalue weighted by atomic mass is 10.1. The monoisotopic (exact) mass is 335 g/mol. The van der Waals surface area contributed by atoms with E-state index in [1.165, 1.54) is 0 Å². The van der Waals surface area contributed by atoms with E-state index in [0.29, 0.717) is 12.3 Å². The molecule has 20 heavy (non-hydrogen) atoms. The summed E-state index contributed by atoms with van der Waals surface area (Å²) in [6, 6.07) is 13.6. The molecular weight excluding hydrogens is 318 g/mol. The molecule has 0 radical (unpaired) electrons. The first-order valence-corrected chi connectivity index (χ1v) is 7.24. The van der Waals surface area contributed by atoms with Crippen LogP contribution >= 0.6 is 15.9 Å². The minimum absolute atomic E-state index is 0.170. The van der Waals surface area contributed by atoms with Gasteiger partial charge in [-0.1, -0.05) is 28.1 Å². The average Bonchev–Trinajstić information content (AvgIpc) is 2.48. The molecule has 4 heteroatoms. The summed E-state index contributed by atoms with van der Waals surface area (Å²) in [5.41, 5.74) is 2.02. The Morgan fingerprint density at radius 1 is 1.25 bits per heavy atom. The van der Waals surface area contributed by atoms with Crippen LogP contribution in [0.3, 0.4) is 0 Å². The van der Waals surface area contributed by atoms with Crippen molar-refractivity contribution in [1.29, 1.82) is 0 Å². The van der Waals surface area contributed by atoms with Crippen LogP contribution in [-0.2, 0) is 6.54 Å². The van der Waals surface area contributed by atoms with Gasteiger partial charge >= 0.3 is 0 Å². The van der Waals surface area contributed by atoms with Gasteiger partial charge in [0.2, 0.25) is 0 Å². The third-order valence-electron chi connectivity index (χ3n) is 3.23. The molecule has 2 aromatic rings. The van der Waals surface area contributed by atoms with E-state index in [9.17, 15) is 5.11 Å². The van der Waals surface area contributed by atoms with Crippen molar-refractivity contribution in [1.82, 2.24) is 5.32 Å². The van der Waals surface area contributed by atoms with Gasteiger partial charge in [-0.25, -0.2) is 0 Å². The fourth-order valence-corrected chi connectivity index (χ4v) is 2.40. The lowest BCUT2D eigenvalue weighted by molar-refractivity contribution is 0.413. The second kappa shape index (κ2) is 6.77. The largest absolute Gasteiger partial charge is 0.508 e. The Balaban J connectivity index is 2.04. The Bertz CT molecular complexity index is 586. The van der Waals surface area contributed by atoms with Crippen LogP contribution in [0, 0.1) is 0 Å². The smallest absolute Gasteiger partial charge is 0.120 e. The van der Waals surface area contributed by atoms with Crippen LogP contribution in [0.5, 0.6) is 11.5 Å². The van der Waals surface area contributed by atoms with Crippen molar-refractivity contribution in [2.75, 3.05) is 7.11 Å². The molecule has 0 fully saturated rings. The molecular formula is C16H18BrNO2. The molecule has 0 amide bonds. The van der Waals surface area contributed by atoms with Crippen LogP contribution in [0.2, 0.25) is 0 Å². The first-order valence-electron chi connectivity index (χ1n) is 6.45. The fourth-order valence-electron chi connectivity index (χ4n) is 1.99. The Labute approximate surface area is 127 Å². The first-order chi connectivity index (χ1) is 9.60. The van der Waals surface area contributed by atoms with Crippen LogP contribution < -0.4 is 10.1 Å². The standard InChI is InChI=1S/C16H18BrNO2/c1-11(12-4-3-5-15(9-12)20-2)18-10-13-8-14(17)6-7-16(13)19/h3-9,11,18-19H,10H2,1-2H3/t11-/m0/s1. The molecule has 0 spiro atoms. The summed E-state index contributed by atoms with van der Waals surface area (Å²) in [7, 11) is 1.66. The van der Waals surface area contributed by atoms with Crippen molar-refractivity contribution in [2.24, 2.45) is 0 Å². The molecule has 1 atom stereocenters. The highest BCUT2D eigenvalue weighted by Crippen LogP contribution is 2.23. The SMILES string of the molecule is COc1cccc([C@H](C)NCc2cc(Br)ccc2O)c1. The molecule has 0 saturated heterocycles. The average molecular weight is 336 g/mol. The summed E-state index contributed by atoms with van der Waals surface area (Å²) < 4.78 is 6.19. The zero-order chi connectivity index (χ0) is 14.5. The Kier molecular flexibility index (Phi) is 5.04. The summed E-state index contributed by atoms with van der Waals surface area (Å²) in [6.45, 7) is 2.69. The van der Waals surface area contributed by atoms with Gasteiger partial charge in [-0.2, -0.15) is 0 Å². The van der Waals surface area contributed by atoms with Gasteiger partial charge in [0, 0.05) is 22.6 Å². The molecule has 0 unspecified atom stereocenters. The molecule has 0 aromatic heterocycles. The van der Waals surface area contributed by atoms with E-state index in [1.54, 1.807) is 13.2 Å². The molecule has 2 aromatic carbocycles. The van der Waals surface area contributed by atoms with Crippen LogP contribution in [0.4, 0.5) is 0 Å². The van der Waals surface area contributed by atoms with Gasteiger partial charge in [0.1, 0.15) is 11.5 Å². The van der Waals surface area contributed by atoms with Crippen LogP contribution in [0.15, 0.2) is 46.9 Å². The van der Waals surface area contributed by atoms with Gasteiger partial charge in [0.05, 0.1) is 7.11 Å². The van der Waals surface area contributed by atoms with Crippen molar-refractivity contribution in [2.45, 2.75) is 19.5 Å². The summed E-state index contributed by atoms with van der Waals surface area (Å²) in [4.78, 5) is 0. The Hall–Kier alpha value is -1.52. The third kappa shape index (κ3) is 3.74. The van der Waals surface area contributed by atoms with Gasteiger partial charge in [-0.15, -0.1) is 0 Å². The van der Waals surface area contributed by atoms with E-state index in [4.69, 9.17) is 4.74 Å². The second-order valence-corrected chi connectivity index (χ2v) is 5.57. The Morgan fingerprint density at radius 3 is 2.80 bits per heavy atom. The molecule has 0 heterocycles. The highest BCUT2D eigenvalue weighted by Gasteiger charge is 2.08. The fraction of sp³-hybridized carbons (Fsp3) is 0.250. The zero-order valence-electron chi connectivity index (χ0n) is 11.6. The number of benzene rings is 2. The predicted molar refractivity (Wildman–Crippen MR) is 84.1 cm³/mol. The molecule has 0 saturated carbocycles. The maximum atomic E-state index is 9.82. The van der Waals surface area contributed by atoms with Gasteiger partial charge in [-0.05, 0) is 42.8 Å². The number of ether oxygens (including phenoxy) is 1. The maximum Gasteiger partial charge on any atom is 0.120 e. The van der Waals surface area contributed by atoms with E-state index in [2.05, 4.69) is 34.2 Å². The lowest BCUT2D eigenvalue weighted by Gasteiger charge is -2.16. The molecule has 0 bridgehead atoms. The van der Waals surface area contributed by atoms with Crippen molar-refractivity contribution in [3.63, 3.8) is 0 Å². The minimum Gasteiger partial charge on any atom is -0.508 e. The van der Waals surface area contributed by atoms with Crippen LogP contribution in [-0.4, -0.2) is 12.2 Å². The van der Waals surface area contributed by atoms with Crippen molar-refractivity contribution < 1.29 is 9.84 Å². The minimum atomic E-state index is 0.170. The second-order valence-electron chi connectivity index (χ2n) is 4.65. The maximum absolute atomic E-state index is 9.82. The topological polar surface area (TPSA) is 41.5 Å². The summed E-state index contributed by atoms with van der Waals surface area (Å²) in [6.07, 6.45) is 0. The van der Waals surface area contributed by atoms with E-state index in [1.807, 2.05) is 30.3 Å². The zero-order valence-corrected chi connectivity index (χ0v) is 13.1. The highest BCUT2D eigenvalue weighted by molar-refractivity contribution is 9.10. The molecule has 3 nitrogen and oxygen atoms in total. The number of phenols is 1. The van der Waals surface area contributed by atoms with E-state index in [0.717, 1.165) is 21.3 Å². The van der Waals surface area contributed by atoms with E-state index >= 15 is 0 Å². The quantitative estimate of drug-likeness (QED) is 0.867. The lowest BCUT2D eigenvalue weighted by Crippen LogP contribution is -2.18. The predicted octanol–water partition coefficient (Wildman–Crippen LogP) is 4.01. The molecule has 2 N–H and O–H groups in total. The van der Waals surface area contributed by atoms with Gasteiger partial charge in [0.25, 0.3) is 0 Å². The van der Waals surface area contributed by atoms with Gasteiger partial charge in [0.15, 0.2) is 0 Å². The van der Waals surface area contributed by atoms with E-state index in [-0.39, 0.29) is 6.04 Å². The number of aromatic hydroxyl groups is 1. The summed E-state index contributed by atoms with van der Waals surface area (Å²) >= 11 is 3.41. The van der Waals surface area contributed by atoms with Crippen molar-refractivity contribution in [3.8, 4) is 11.5 Å². The number of rotatable bonds is 5. The number of methoxy groups -OCH3 is 1. The summed E-state index contributed by atoms with van der Waals surface area (Å²) in [5.74, 6) is 1.15. The molecule has 0 aliphatic heterocycles. The van der Waals surface area contributed by atoms with E-state index < -0.39 is 0 Å². The Morgan fingerprint density at radius 2 is 2.05 bits per heavy atom. The van der Waals surface area contributed by atoms with Gasteiger partial charge in [-0.3, -0.25) is 0 Å².